The molecule has 0 unspecified atom stereocenters. The summed E-state index contributed by atoms with van der Waals surface area (Å²) in [7, 11) is 0. The van der Waals surface area contributed by atoms with Gasteiger partial charge >= 0.3 is 0 Å². The maximum atomic E-state index is 12.1. The molecule has 2 rings (SSSR count). The van der Waals surface area contributed by atoms with Crippen molar-refractivity contribution in [3.63, 3.8) is 0 Å². The molecule has 0 spiro atoms. The fourth-order valence-electron chi connectivity index (χ4n) is 2.20. The van der Waals surface area contributed by atoms with Crippen LogP contribution in [0, 0.1) is 13.8 Å². The Morgan fingerprint density at radius 3 is 2.13 bits per heavy atom. The first kappa shape index (κ1) is 10.2. The summed E-state index contributed by atoms with van der Waals surface area (Å²) in [6.07, 6.45) is 2.30. The van der Waals surface area contributed by atoms with E-state index in [9.17, 15) is 4.79 Å². The van der Waals surface area contributed by atoms with E-state index >= 15 is 0 Å². The van der Waals surface area contributed by atoms with Crippen LogP contribution in [0.15, 0.2) is 18.2 Å². The highest BCUT2D eigenvalue weighted by atomic mass is 16.2. The smallest absolute Gasteiger partial charge is 0.253 e. The van der Waals surface area contributed by atoms with Crippen LogP contribution in [0.25, 0.3) is 0 Å². The number of aryl methyl sites for hydroxylation is 2. The first-order chi connectivity index (χ1) is 7.16. The molecule has 1 aromatic rings. The molecular weight excluding hydrogens is 186 g/mol. The number of carbonyl (C=O) groups excluding carboxylic acids is 1. The molecule has 0 saturated carbocycles. The topological polar surface area (TPSA) is 20.3 Å². The van der Waals surface area contributed by atoms with Gasteiger partial charge in [0, 0.05) is 18.7 Å². The number of carbonyl (C=O) groups is 1. The number of benzene rings is 1. The van der Waals surface area contributed by atoms with E-state index in [1.165, 1.54) is 0 Å². The fraction of sp³-hybridized carbons (Fsp3) is 0.462. The minimum Gasteiger partial charge on any atom is -0.339 e. The van der Waals surface area contributed by atoms with Gasteiger partial charge in [-0.05, 0) is 38.8 Å². The molecule has 1 heterocycles. The lowest BCUT2D eigenvalue weighted by Crippen LogP contribution is -2.27. The Morgan fingerprint density at radius 2 is 1.60 bits per heavy atom. The SMILES string of the molecule is Cc1cc(C)cc(C(=O)N2CCCC2)c1. The molecule has 1 aliphatic rings. The van der Waals surface area contributed by atoms with E-state index in [-0.39, 0.29) is 5.91 Å². The average Bonchev–Trinajstić information content (AvgIpc) is 2.67. The zero-order valence-corrected chi connectivity index (χ0v) is 9.42. The van der Waals surface area contributed by atoms with E-state index in [1.54, 1.807) is 0 Å². The van der Waals surface area contributed by atoms with Gasteiger partial charge in [0.1, 0.15) is 0 Å². The molecule has 15 heavy (non-hydrogen) atoms. The van der Waals surface area contributed by atoms with E-state index in [0.717, 1.165) is 42.6 Å². The van der Waals surface area contributed by atoms with E-state index < -0.39 is 0 Å². The predicted octanol–water partition coefficient (Wildman–Crippen LogP) is 2.54. The highest BCUT2D eigenvalue weighted by Crippen LogP contribution is 2.15. The second kappa shape index (κ2) is 4.05. The Balaban J connectivity index is 2.24. The molecule has 1 saturated heterocycles. The van der Waals surface area contributed by atoms with Gasteiger partial charge in [0.05, 0.1) is 0 Å². The highest BCUT2D eigenvalue weighted by Gasteiger charge is 2.19. The molecule has 2 heteroatoms. The maximum absolute atomic E-state index is 12.1. The van der Waals surface area contributed by atoms with Gasteiger partial charge < -0.3 is 4.90 Å². The van der Waals surface area contributed by atoms with Crippen LogP contribution in [0.5, 0.6) is 0 Å². The largest absolute Gasteiger partial charge is 0.339 e. The number of likely N-dealkylation sites (tertiary alicyclic amines) is 1. The lowest BCUT2D eigenvalue weighted by Gasteiger charge is -2.15. The summed E-state index contributed by atoms with van der Waals surface area (Å²) >= 11 is 0. The normalized spacial score (nSPS) is 15.7. The van der Waals surface area contributed by atoms with E-state index in [4.69, 9.17) is 0 Å². The van der Waals surface area contributed by atoms with Crippen molar-refractivity contribution in [2.75, 3.05) is 13.1 Å². The predicted molar refractivity (Wildman–Crippen MR) is 61.1 cm³/mol. The second-order valence-corrected chi connectivity index (χ2v) is 4.38. The van der Waals surface area contributed by atoms with Crippen molar-refractivity contribution < 1.29 is 4.79 Å². The monoisotopic (exact) mass is 203 g/mol. The lowest BCUT2D eigenvalue weighted by atomic mass is 10.1. The van der Waals surface area contributed by atoms with Crippen LogP contribution in [-0.4, -0.2) is 23.9 Å². The molecule has 0 radical (unpaired) electrons. The van der Waals surface area contributed by atoms with E-state index in [0.29, 0.717) is 0 Å². The number of amides is 1. The van der Waals surface area contributed by atoms with Crippen LogP contribution in [-0.2, 0) is 0 Å². The number of rotatable bonds is 1. The van der Waals surface area contributed by atoms with Crippen molar-refractivity contribution >= 4 is 5.91 Å². The van der Waals surface area contributed by atoms with Crippen molar-refractivity contribution in [1.82, 2.24) is 4.90 Å². The van der Waals surface area contributed by atoms with E-state index in [2.05, 4.69) is 6.07 Å². The second-order valence-electron chi connectivity index (χ2n) is 4.38. The van der Waals surface area contributed by atoms with Crippen LogP contribution >= 0.6 is 0 Å². The van der Waals surface area contributed by atoms with Gasteiger partial charge in [-0.1, -0.05) is 17.2 Å². The Morgan fingerprint density at radius 1 is 1.07 bits per heavy atom. The van der Waals surface area contributed by atoms with Gasteiger partial charge in [0.2, 0.25) is 0 Å². The molecule has 1 aromatic carbocycles. The molecule has 1 amide bonds. The summed E-state index contributed by atoms with van der Waals surface area (Å²) in [5.41, 5.74) is 3.17. The summed E-state index contributed by atoms with van der Waals surface area (Å²) in [6.45, 7) is 5.92. The third-order valence-corrected chi connectivity index (χ3v) is 2.86. The number of hydrogen-bond donors (Lipinski definition) is 0. The molecule has 80 valence electrons. The minimum atomic E-state index is 0.194. The molecule has 0 bridgehead atoms. The summed E-state index contributed by atoms with van der Waals surface area (Å²) in [5.74, 6) is 0.194. The van der Waals surface area contributed by atoms with Crippen molar-refractivity contribution in [2.24, 2.45) is 0 Å². The summed E-state index contributed by atoms with van der Waals surface area (Å²) in [5, 5.41) is 0. The van der Waals surface area contributed by atoms with Crippen molar-refractivity contribution in [2.45, 2.75) is 26.7 Å². The fourth-order valence-corrected chi connectivity index (χ4v) is 2.20. The Kier molecular flexibility index (Phi) is 2.76. The quantitative estimate of drug-likeness (QED) is 0.687. The van der Waals surface area contributed by atoms with Crippen LogP contribution < -0.4 is 0 Å². The van der Waals surface area contributed by atoms with Crippen molar-refractivity contribution in [3.8, 4) is 0 Å². The number of nitrogens with zero attached hydrogens (tertiary/aromatic N) is 1. The summed E-state index contributed by atoms with van der Waals surface area (Å²) in [6, 6.07) is 6.06. The first-order valence-electron chi connectivity index (χ1n) is 5.54. The molecular formula is C13H17NO. The maximum Gasteiger partial charge on any atom is 0.253 e. The third kappa shape index (κ3) is 2.20. The van der Waals surface area contributed by atoms with E-state index in [1.807, 2.05) is 30.9 Å². The summed E-state index contributed by atoms with van der Waals surface area (Å²) < 4.78 is 0. The van der Waals surface area contributed by atoms with Crippen molar-refractivity contribution in [1.29, 1.82) is 0 Å². The van der Waals surface area contributed by atoms with Crippen molar-refractivity contribution in [3.05, 3.63) is 34.9 Å². The zero-order valence-electron chi connectivity index (χ0n) is 9.42. The van der Waals surface area contributed by atoms with Crippen LogP contribution in [0.3, 0.4) is 0 Å². The molecule has 0 N–H and O–H groups in total. The van der Waals surface area contributed by atoms with Gasteiger partial charge in [-0.15, -0.1) is 0 Å². The summed E-state index contributed by atoms with van der Waals surface area (Å²) in [4.78, 5) is 14.0. The van der Waals surface area contributed by atoms with Gasteiger partial charge in [-0.3, -0.25) is 4.79 Å². The molecule has 0 aromatic heterocycles. The van der Waals surface area contributed by atoms with Gasteiger partial charge in [-0.25, -0.2) is 0 Å². The number of hydrogen-bond acceptors (Lipinski definition) is 1. The zero-order chi connectivity index (χ0) is 10.8. The molecule has 1 aliphatic heterocycles. The molecule has 1 fully saturated rings. The average molecular weight is 203 g/mol. The first-order valence-corrected chi connectivity index (χ1v) is 5.54. The lowest BCUT2D eigenvalue weighted by molar-refractivity contribution is 0.0792. The molecule has 0 atom stereocenters. The minimum absolute atomic E-state index is 0.194. The Hall–Kier alpha value is -1.31. The third-order valence-electron chi connectivity index (χ3n) is 2.86. The van der Waals surface area contributed by atoms with Gasteiger partial charge in [0.15, 0.2) is 0 Å². The standard InChI is InChI=1S/C13H17NO/c1-10-7-11(2)9-12(8-10)13(15)14-5-3-4-6-14/h7-9H,3-6H2,1-2H3. The van der Waals surface area contributed by atoms with Gasteiger partial charge in [0.25, 0.3) is 5.91 Å². The van der Waals surface area contributed by atoms with Crippen LogP contribution in [0.1, 0.15) is 34.3 Å². The van der Waals surface area contributed by atoms with Crippen LogP contribution in [0.2, 0.25) is 0 Å². The molecule has 0 aliphatic carbocycles. The molecule has 2 nitrogen and oxygen atoms in total. The highest BCUT2D eigenvalue weighted by molar-refractivity contribution is 5.94. The Labute approximate surface area is 90.9 Å². The van der Waals surface area contributed by atoms with Gasteiger partial charge in [-0.2, -0.15) is 0 Å². The Bertz CT molecular complexity index is 358. The van der Waals surface area contributed by atoms with Crippen LogP contribution in [0.4, 0.5) is 0 Å².